The Labute approximate surface area is 107 Å². The van der Waals surface area contributed by atoms with Crippen molar-refractivity contribution in [2.24, 2.45) is 0 Å². The number of hydrogen-bond donors (Lipinski definition) is 2. The summed E-state index contributed by atoms with van der Waals surface area (Å²) in [6, 6.07) is 5.07. The molecule has 0 heterocycles. The molecule has 1 unspecified atom stereocenters. The van der Waals surface area contributed by atoms with Crippen LogP contribution in [0, 0.1) is 6.92 Å². The Bertz CT molecular complexity index is 393. The highest BCUT2D eigenvalue weighted by atomic mass is 35.5. The highest BCUT2D eigenvalue weighted by molar-refractivity contribution is 6.17. The maximum absolute atomic E-state index is 11.9. The first-order chi connectivity index (χ1) is 8.08. The highest BCUT2D eigenvalue weighted by Gasteiger charge is 2.14. The third-order valence-electron chi connectivity index (χ3n) is 2.68. The van der Waals surface area contributed by atoms with Gasteiger partial charge in [-0.05, 0) is 37.5 Å². The standard InChI is InChI=1S/C13H18ClNO2/c1-3-10(6-7-14)15-13(17)11-5-4-9(2)8-12(11)16/h4-5,8,10,16H,3,6-7H2,1-2H3,(H,15,17). The lowest BCUT2D eigenvalue weighted by Crippen LogP contribution is -2.34. The summed E-state index contributed by atoms with van der Waals surface area (Å²) in [6.07, 6.45) is 1.56. The zero-order valence-corrected chi connectivity index (χ0v) is 10.9. The van der Waals surface area contributed by atoms with Gasteiger partial charge >= 0.3 is 0 Å². The summed E-state index contributed by atoms with van der Waals surface area (Å²) in [4.78, 5) is 11.9. The second kappa shape index (κ2) is 6.50. The molecule has 17 heavy (non-hydrogen) atoms. The number of rotatable bonds is 5. The van der Waals surface area contributed by atoms with Crippen molar-refractivity contribution in [3.05, 3.63) is 29.3 Å². The fourth-order valence-corrected chi connectivity index (χ4v) is 1.87. The number of alkyl halides is 1. The number of aromatic hydroxyl groups is 1. The van der Waals surface area contributed by atoms with Crippen molar-refractivity contribution in [2.45, 2.75) is 32.7 Å². The Kier molecular flexibility index (Phi) is 5.29. The fraction of sp³-hybridized carbons (Fsp3) is 0.462. The largest absolute Gasteiger partial charge is 0.507 e. The Balaban J connectivity index is 2.75. The summed E-state index contributed by atoms with van der Waals surface area (Å²) in [5.74, 6) is 0.279. The van der Waals surface area contributed by atoms with Crippen LogP contribution in [0.4, 0.5) is 0 Å². The zero-order chi connectivity index (χ0) is 12.8. The minimum Gasteiger partial charge on any atom is -0.507 e. The molecule has 0 bridgehead atoms. The van der Waals surface area contributed by atoms with Crippen molar-refractivity contribution >= 4 is 17.5 Å². The molecule has 94 valence electrons. The summed E-state index contributed by atoms with van der Waals surface area (Å²) in [5.41, 5.74) is 1.23. The van der Waals surface area contributed by atoms with Crippen molar-refractivity contribution in [1.82, 2.24) is 5.32 Å². The molecule has 1 aromatic rings. The van der Waals surface area contributed by atoms with Gasteiger partial charge in [0.2, 0.25) is 0 Å². The molecule has 0 fully saturated rings. The molecule has 0 aromatic heterocycles. The first-order valence-electron chi connectivity index (χ1n) is 5.75. The number of nitrogens with one attached hydrogen (secondary N) is 1. The molecule has 3 nitrogen and oxygen atoms in total. The van der Waals surface area contributed by atoms with Gasteiger partial charge in [-0.25, -0.2) is 0 Å². The van der Waals surface area contributed by atoms with Crippen LogP contribution in [0.3, 0.4) is 0 Å². The van der Waals surface area contributed by atoms with Crippen molar-refractivity contribution in [1.29, 1.82) is 0 Å². The number of amides is 1. The second-order valence-corrected chi connectivity index (χ2v) is 4.45. The van der Waals surface area contributed by atoms with E-state index in [9.17, 15) is 9.90 Å². The van der Waals surface area contributed by atoms with Gasteiger partial charge in [0.15, 0.2) is 0 Å². The number of benzene rings is 1. The van der Waals surface area contributed by atoms with E-state index in [4.69, 9.17) is 11.6 Å². The average Bonchev–Trinajstić information content (AvgIpc) is 2.28. The van der Waals surface area contributed by atoms with Crippen LogP contribution in [-0.4, -0.2) is 22.9 Å². The summed E-state index contributed by atoms with van der Waals surface area (Å²) in [5, 5.41) is 12.6. The number of hydrogen-bond acceptors (Lipinski definition) is 2. The van der Waals surface area contributed by atoms with Crippen molar-refractivity contribution in [3.8, 4) is 5.75 Å². The quantitative estimate of drug-likeness (QED) is 0.795. The van der Waals surface area contributed by atoms with Crippen LogP contribution >= 0.6 is 11.6 Å². The van der Waals surface area contributed by atoms with Crippen molar-refractivity contribution in [2.75, 3.05) is 5.88 Å². The van der Waals surface area contributed by atoms with E-state index < -0.39 is 0 Å². The van der Waals surface area contributed by atoms with E-state index in [1.54, 1.807) is 18.2 Å². The molecular weight excluding hydrogens is 238 g/mol. The maximum Gasteiger partial charge on any atom is 0.255 e. The van der Waals surface area contributed by atoms with Gasteiger partial charge < -0.3 is 10.4 Å². The SMILES string of the molecule is CCC(CCCl)NC(=O)c1ccc(C)cc1O. The normalized spacial score (nSPS) is 12.2. The van der Waals surface area contributed by atoms with Crippen LogP contribution in [0.5, 0.6) is 5.75 Å². The molecule has 1 aromatic carbocycles. The molecule has 1 atom stereocenters. The Morgan fingerprint density at radius 2 is 2.24 bits per heavy atom. The van der Waals surface area contributed by atoms with E-state index in [0.29, 0.717) is 11.4 Å². The Hall–Kier alpha value is -1.22. The van der Waals surface area contributed by atoms with Gasteiger partial charge in [-0.15, -0.1) is 11.6 Å². The Morgan fingerprint density at radius 3 is 2.76 bits per heavy atom. The van der Waals surface area contributed by atoms with Crippen LogP contribution in [-0.2, 0) is 0 Å². The molecule has 0 spiro atoms. The third kappa shape index (κ3) is 3.93. The van der Waals surface area contributed by atoms with Crippen LogP contribution in [0.15, 0.2) is 18.2 Å². The molecule has 0 aliphatic heterocycles. The van der Waals surface area contributed by atoms with Crippen molar-refractivity contribution < 1.29 is 9.90 Å². The van der Waals surface area contributed by atoms with E-state index in [2.05, 4.69) is 5.32 Å². The third-order valence-corrected chi connectivity index (χ3v) is 2.90. The fourth-order valence-electron chi connectivity index (χ4n) is 1.61. The minimum absolute atomic E-state index is 0.0169. The van der Waals surface area contributed by atoms with Crippen LogP contribution in [0.2, 0.25) is 0 Å². The van der Waals surface area contributed by atoms with Gasteiger partial charge in [0, 0.05) is 11.9 Å². The second-order valence-electron chi connectivity index (χ2n) is 4.08. The monoisotopic (exact) mass is 255 g/mol. The number of phenolic OH excluding ortho intramolecular Hbond substituents is 1. The lowest BCUT2D eigenvalue weighted by molar-refractivity contribution is 0.0932. The molecule has 0 saturated heterocycles. The Morgan fingerprint density at radius 1 is 1.53 bits per heavy atom. The van der Waals surface area contributed by atoms with E-state index in [1.165, 1.54) is 0 Å². The van der Waals surface area contributed by atoms with Crippen LogP contribution in [0.1, 0.15) is 35.7 Å². The van der Waals surface area contributed by atoms with Gasteiger partial charge in [0.1, 0.15) is 5.75 Å². The number of carbonyl (C=O) groups excluding carboxylic acids is 1. The predicted molar refractivity (Wildman–Crippen MR) is 69.7 cm³/mol. The van der Waals surface area contributed by atoms with Crippen LogP contribution < -0.4 is 5.32 Å². The number of aryl methyl sites for hydroxylation is 1. The van der Waals surface area contributed by atoms with Gasteiger partial charge in [0.05, 0.1) is 5.56 Å². The molecule has 4 heteroatoms. The van der Waals surface area contributed by atoms with Gasteiger partial charge in [-0.3, -0.25) is 4.79 Å². The molecule has 0 saturated carbocycles. The topological polar surface area (TPSA) is 49.3 Å². The molecule has 1 rings (SSSR count). The lowest BCUT2D eigenvalue weighted by Gasteiger charge is -2.16. The van der Waals surface area contributed by atoms with Gasteiger partial charge in [-0.1, -0.05) is 13.0 Å². The summed E-state index contributed by atoms with van der Waals surface area (Å²) >= 11 is 5.66. The molecular formula is C13H18ClNO2. The smallest absolute Gasteiger partial charge is 0.255 e. The minimum atomic E-state index is -0.250. The molecule has 0 aliphatic rings. The predicted octanol–water partition coefficient (Wildman–Crippen LogP) is 2.84. The van der Waals surface area contributed by atoms with E-state index >= 15 is 0 Å². The number of carbonyl (C=O) groups is 1. The average molecular weight is 256 g/mol. The lowest BCUT2D eigenvalue weighted by atomic mass is 10.1. The van der Waals surface area contributed by atoms with Crippen molar-refractivity contribution in [3.63, 3.8) is 0 Å². The first kappa shape index (κ1) is 13.8. The van der Waals surface area contributed by atoms with Gasteiger partial charge in [0.25, 0.3) is 5.91 Å². The maximum atomic E-state index is 11.9. The first-order valence-corrected chi connectivity index (χ1v) is 6.28. The number of halogens is 1. The van der Waals surface area contributed by atoms with E-state index in [-0.39, 0.29) is 17.7 Å². The summed E-state index contributed by atoms with van der Waals surface area (Å²) < 4.78 is 0. The molecule has 1 amide bonds. The van der Waals surface area contributed by atoms with Gasteiger partial charge in [-0.2, -0.15) is 0 Å². The van der Waals surface area contributed by atoms with E-state index in [0.717, 1.165) is 18.4 Å². The highest BCUT2D eigenvalue weighted by Crippen LogP contribution is 2.18. The van der Waals surface area contributed by atoms with Crippen LogP contribution in [0.25, 0.3) is 0 Å². The molecule has 0 radical (unpaired) electrons. The summed E-state index contributed by atoms with van der Waals surface area (Å²) in [7, 11) is 0. The summed E-state index contributed by atoms with van der Waals surface area (Å²) in [6.45, 7) is 3.86. The number of phenols is 1. The molecule has 2 N–H and O–H groups in total. The zero-order valence-electron chi connectivity index (χ0n) is 10.2. The van der Waals surface area contributed by atoms with E-state index in [1.807, 2.05) is 13.8 Å². The molecule has 0 aliphatic carbocycles.